The summed E-state index contributed by atoms with van der Waals surface area (Å²) in [4.78, 5) is 15.1. The predicted molar refractivity (Wildman–Crippen MR) is 72.1 cm³/mol. The van der Waals surface area contributed by atoms with Crippen LogP contribution in [0.2, 0.25) is 0 Å². The minimum atomic E-state index is -0.757. The van der Waals surface area contributed by atoms with E-state index in [9.17, 15) is 13.6 Å². The van der Waals surface area contributed by atoms with Crippen LogP contribution < -0.4 is 0 Å². The summed E-state index contributed by atoms with van der Waals surface area (Å²) in [5.74, 6) is -1.43. The molecule has 0 unspecified atom stereocenters. The van der Waals surface area contributed by atoms with Crippen LogP contribution in [-0.4, -0.2) is 21.1 Å². The third-order valence-electron chi connectivity index (χ3n) is 2.96. The first kappa shape index (κ1) is 13.1. The van der Waals surface area contributed by atoms with Gasteiger partial charge in [-0.15, -0.1) is 0 Å². The predicted octanol–water partition coefficient (Wildman–Crippen LogP) is 3.03. The normalized spacial score (nSPS) is 10.6. The van der Waals surface area contributed by atoms with Crippen molar-refractivity contribution < 1.29 is 13.6 Å². The van der Waals surface area contributed by atoms with E-state index in [2.05, 4.69) is 10.1 Å². The number of hydrogen-bond acceptors (Lipinski definition) is 3. The molecule has 2 aromatic heterocycles. The van der Waals surface area contributed by atoms with Crippen molar-refractivity contribution in [1.82, 2.24) is 14.8 Å². The van der Waals surface area contributed by atoms with Gasteiger partial charge in [-0.1, -0.05) is 0 Å². The maximum Gasteiger partial charge on any atom is 0.153 e. The largest absolute Gasteiger partial charge is 0.298 e. The van der Waals surface area contributed by atoms with Gasteiger partial charge in [0.2, 0.25) is 0 Å². The third kappa shape index (κ3) is 2.43. The van der Waals surface area contributed by atoms with Gasteiger partial charge < -0.3 is 0 Å². The van der Waals surface area contributed by atoms with Crippen molar-refractivity contribution in [2.45, 2.75) is 0 Å². The Morgan fingerprint density at radius 3 is 2.71 bits per heavy atom. The summed E-state index contributed by atoms with van der Waals surface area (Å²) in [5, 5.41) is 4.19. The summed E-state index contributed by atoms with van der Waals surface area (Å²) in [5.41, 5.74) is 1.39. The van der Waals surface area contributed by atoms with E-state index in [1.54, 1.807) is 24.5 Å². The molecule has 0 atom stereocenters. The molecule has 0 bridgehead atoms. The van der Waals surface area contributed by atoms with Gasteiger partial charge in [0.05, 0.1) is 5.56 Å². The Labute approximate surface area is 118 Å². The van der Waals surface area contributed by atoms with Crippen LogP contribution in [0.5, 0.6) is 0 Å². The molecule has 3 aromatic rings. The zero-order valence-electron chi connectivity index (χ0n) is 10.7. The minimum Gasteiger partial charge on any atom is -0.298 e. The summed E-state index contributed by atoms with van der Waals surface area (Å²) >= 11 is 0. The molecule has 104 valence electrons. The van der Waals surface area contributed by atoms with Crippen molar-refractivity contribution in [3.05, 3.63) is 66.1 Å². The molecule has 0 N–H and O–H groups in total. The number of aldehydes is 1. The third-order valence-corrected chi connectivity index (χ3v) is 2.96. The molecule has 0 saturated carbocycles. The van der Waals surface area contributed by atoms with Crippen LogP contribution >= 0.6 is 0 Å². The first-order valence-corrected chi connectivity index (χ1v) is 6.09. The van der Waals surface area contributed by atoms with Crippen molar-refractivity contribution in [3.8, 4) is 16.9 Å². The van der Waals surface area contributed by atoms with Crippen molar-refractivity contribution in [2.24, 2.45) is 0 Å². The van der Waals surface area contributed by atoms with Crippen LogP contribution in [0.3, 0.4) is 0 Å². The van der Waals surface area contributed by atoms with Gasteiger partial charge in [0.1, 0.15) is 17.2 Å². The lowest BCUT2D eigenvalue weighted by Gasteiger charge is -2.02. The smallest absolute Gasteiger partial charge is 0.153 e. The Kier molecular flexibility index (Phi) is 3.27. The average Bonchev–Trinajstić information content (AvgIpc) is 2.92. The minimum absolute atomic E-state index is 0.0645. The standard InChI is InChI=1S/C15H9F2N3O/c16-12-3-4-14(13(17)6-12)20-8-11(9-21)15(19-20)10-2-1-5-18-7-10/h1-9H. The average molecular weight is 285 g/mol. The van der Waals surface area contributed by atoms with E-state index < -0.39 is 11.6 Å². The molecule has 3 rings (SSSR count). The van der Waals surface area contributed by atoms with Crippen molar-refractivity contribution in [1.29, 1.82) is 0 Å². The van der Waals surface area contributed by atoms with E-state index in [1.807, 2.05) is 0 Å². The maximum absolute atomic E-state index is 13.8. The number of aromatic nitrogens is 3. The van der Waals surface area contributed by atoms with Crippen LogP contribution in [0.15, 0.2) is 48.9 Å². The summed E-state index contributed by atoms with van der Waals surface area (Å²) in [7, 11) is 0. The fourth-order valence-electron chi connectivity index (χ4n) is 1.99. The van der Waals surface area contributed by atoms with E-state index in [4.69, 9.17) is 0 Å². The number of nitrogens with zero attached hydrogens (tertiary/aromatic N) is 3. The number of benzene rings is 1. The second kappa shape index (κ2) is 5.24. The van der Waals surface area contributed by atoms with Crippen LogP contribution in [-0.2, 0) is 0 Å². The SMILES string of the molecule is O=Cc1cn(-c2ccc(F)cc2F)nc1-c1cccnc1. The fourth-order valence-corrected chi connectivity index (χ4v) is 1.99. The first-order chi connectivity index (χ1) is 10.2. The van der Waals surface area contributed by atoms with Gasteiger partial charge >= 0.3 is 0 Å². The lowest BCUT2D eigenvalue weighted by atomic mass is 10.1. The molecule has 1 aromatic carbocycles. The van der Waals surface area contributed by atoms with Crippen molar-refractivity contribution in [3.63, 3.8) is 0 Å². The van der Waals surface area contributed by atoms with E-state index in [-0.39, 0.29) is 5.69 Å². The molecule has 4 nitrogen and oxygen atoms in total. The number of carbonyl (C=O) groups is 1. The van der Waals surface area contributed by atoms with E-state index in [0.717, 1.165) is 12.1 Å². The van der Waals surface area contributed by atoms with E-state index in [1.165, 1.54) is 16.9 Å². The monoisotopic (exact) mass is 285 g/mol. The van der Waals surface area contributed by atoms with Gasteiger partial charge in [-0.2, -0.15) is 5.10 Å². The highest BCUT2D eigenvalue weighted by Crippen LogP contribution is 2.22. The first-order valence-electron chi connectivity index (χ1n) is 6.09. The van der Waals surface area contributed by atoms with Gasteiger partial charge in [0.25, 0.3) is 0 Å². The van der Waals surface area contributed by atoms with Crippen LogP contribution in [0.25, 0.3) is 16.9 Å². The van der Waals surface area contributed by atoms with Crippen molar-refractivity contribution in [2.75, 3.05) is 0 Å². The molecule has 0 aliphatic heterocycles. The highest BCUT2D eigenvalue weighted by molar-refractivity contribution is 5.85. The molecule has 21 heavy (non-hydrogen) atoms. The summed E-state index contributed by atoms with van der Waals surface area (Å²) in [6, 6.07) is 6.61. The molecular weight excluding hydrogens is 276 g/mol. The summed E-state index contributed by atoms with van der Waals surface area (Å²) in [6.45, 7) is 0. The number of rotatable bonds is 3. The molecule has 0 aliphatic carbocycles. The van der Waals surface area contributed by atoms with Gasteiger partial charge in [0.15, 0.2) is 12.1 Å². The van der Waals surface area contributed by atoms with E-state index >= 15 is 0 Å². The topological polar surface area (TPSA) is 47.8 Å². The fraction of sp³-hybridized carbons (Fsp3) is 0. The Bertz CT molecular complexity index is 800. The summed E-state index contributed by atoms with van der Waals surface area (Å²) < 4.78 is 27.9. The Hall–Kier alpha value is -2.89. The Morgan fingerprint density at radius 1 is 1.19 bits per heavy atom. The Morgan fingerprint density at radius 2 is 2.05 bits per heavy atom. The van der Waals surface area contributed by atoms with Gasteiger partial charge in [-0.3, -0.25) is 9.78 Å². The van der Waals surface area contributed by atoms with Gasteiger partial charge in [-0.05, 0) is 24.3 Å². The van der Waals surface area contributed by atoms with Gasteiger partial charge in [-0.25, -0.2) is 13.5 Å². The van der Waals surface area contributed by atoms with E-state index in [0.29, 0.717) is 23.1 Å². The number of halogens is 2. The number of pyridine rings is 1. The van der Waals surface area contributed by atoms with Crippen molar-refractivity contribution >= 4 is 6.29 Å². The molecule has 0 radical (unpaired) electrons. The molecule has 0 spiro atoms. The Balaban J connectivity index is 2.14. The highest BCUT2D eigenvalue weighted by Gasteiger charge is 2.14. The number of hydrogen-bond donors (Lipinski definition) is 0. The number of carbonyl (C=O) groups excluding carboxylic acids is 1. The molecule has 0 amide bonds. The molecule has 0 fully saturated rings. The molecular formula is C15H9F2N3O. The molecule has 0 aliphatic rings. The van der Waals surface area contributed by atoms with Crippen LogP contribution in [0.4, 0.5) is 8.78 Å². The second-order valence-corrected chi connectivity index (χ2v) is 4.33. The maximum atomic E-state index is 13.8. The molecule has 0 saturated heterocycles. The van der Waals surface area contributed by atoms with Crippen LogP contribution in [0.1, 0.15) is 10.4 Å². The highest BCUT2D eigenvalue weighted by atomic mass is 19.1. The lowest BCUT2D eigenvalue weighted by Crippen LogP contribution is -1.99. The van der Waals surface area contributed by atoms with Gasteiger partial charge in [0, 0.05) is 30.2 Å². The zero-order valence-corrected chi connectivity index (χ0v) is 10.7. The zero-order chi connectivity index (χ0) is 14.8. The second-order valence-electron chi connectivity index (χ2n) is 4.33. The molecule has 2 heterocycles. The molecule has 6 heteroatoms. The quantitative estimate of drug-likeness (QED) is 0.695. The van der Waals surface area contributed by atoms with Crippen LogP contribution in [0, 0.1) is 11.6 Å². The lowest BCUT2D eigenvalue weighted by molar-refractivity contribution is 0.112. The summed E-state index contributed by atoms with van der Waals surface area (Å²) in [6.07, 6.45) is 5.18.